The molecule has 0 aliphatic heterocycles. The number of aromatic amines is 1. The highest BCUT2D eigenvalue weighted by Gasteiger charge is 2.15. The molecule has 8 heteroatoms. The Morgan fingerprint density at radius 3 is 2.69 bits per heavy atom. The zero-order valence-electron chi connectivity index (χ0n) is 14.9. The number of benzene rings is 1. The van der Waals surface area contributed by atoms with Crippen molar-refractivity contribution in [3.05, 3.63) is 35.7 Å². The van der Waals surface area contributed by atoms with E-state index in [9.17, 15) is 5.26 Å². The third-order valence-electron chi connectivity index (χ3n) is 3.98. The maximum Gasteiger partial charge on any atom is 0.147 e. The topological polar surface area (TPSA) is 109 Å². The van der Waals surface area contributed by atoms with Gasteiger partial charge in [0.2, 0.25) is 0 Å². The van der Waals surface area contributed by atoms with Crippen LogP contribution in [0.5, 0.6) is 0 Å². The summed E-state index contributed by atoms with van der Waals surface area (Å²) in [5.74, 6) is 0.675. The highest BCUT2D eigenvalue weighted by Crippen LogP contribution is 2.27. The zero-order valence-corrected chi connectivity index (χ0v) is 14.9. The monoisotopic (exact) mass is 352 g/mol. The minimum absolute atomic E-state index is 0.0185. The smallest absolute Gasteiger partial charge is 0.147 e. The number of nitrogens with one attached hydrogen (secondary N) is 2. The van der Waals surface area contributed by atoms with Gasteiger partial charge in [-0.25, -0.2) is 9.97 Å². The van der Waals surface area contributed by atoms with Gasteiger partial charge in [-0.05, 0) is 13.0 Å². The Kier molecular flexibility index (Phi) is 5.41. The Morgan fingerprint density at radius 2 is 2.04 bits per heavy atom. The first kappa shape index (κ1) is 17.8. The van der Waals surface area contributed by atoms with Crippen LogP contribution in [0.4, 0.5) is 5.82 Å². The van der Waals surface area contributed by atoms with E-state index in [1.807, 2.05) is 19.1 Å². The fourth-order valence-corrected chi connectivity index (χ4v) is 2.79. The van der Waals surface area contributed by atoms with Crippen molar-refractivity contribution in [1.29, 1.82) is 5.26 Å². The van der Waals surface area contributed by atoms with Gasteiger partial charge < -0.3 is 14.8 Å². The Bertz CT molecular complexity index is 940. The molecule has 0 aliphatic rings. The third-order valence-corrected chi connectivity index (χ3v) is 3.98. The van der Waals surface area contributed by atoms with Crippen molar-refractivity contribution in [3.63, 3.8) is 0 Å². The van der Waals surface area contributed by atoms with Gasteiger partial charge in [0.25, 0.3) is 0 Å². The van der Waals surface area contributed by atoms with Crippen LogP contribution in [0.1, 0.15) is 11.3 Å². The van der Waals surface area contributed by atoms with Crippen molar-refractivity contribution in [2.45, 2.75) is 13.0 Å². The van der Waals surface area contributed by atoms with Gasteiger partial charge in [-0.2, -0.15) is 10.4 Å². The van der Waals surface area contributed by atoms with E-state index in [0.29, 0.717) is 35.8 Å². The number of hydrogen-bond donors (Lipinski definition) is 2. The van der Waals surface area contributed by atoms with Crippen molar-refractivity contribution in [3.8, 4) is 17.5 Å². The van der Waals surface area contributed by atoms with E-state index in [1.165, 1.54) is 0 Å². The van der Waals surface area contributed by atoms with E-state index in [0.717, 1.165) is 16.8 Å². The molecule has 8 nitrogen and oxygen atoms in total. The molecule has 0 aliphatic carbocycles. The Hall–Kier alpha value is -3.02. The number of anilines is 1. The van der Waals surface area contributed by atoms with Crippen LogP contribution < -0.4 is 5.32 Å². The second kappa shape index (κ2) is 7.91. The van der Waals surface area contributed by atoms with E-state index < -0.39 is 0 Å². The number of rotatable bonds is 7. The number of H-pyrrole nitrogens is 1. The summed E-state index contributed by atoms with van der Waals surface area (Å²) < 4.78 is 10.4. The standard InChI is InChI=1S/C18H20N6O2/c1-11-18(22-13(9-25-2)10-26-3)20-8-15(21-11)17-14-6-4-5-12(7-19)16(14)23-24-17/h4-6,8,13H,9-10H2,1-3H3,(H,20,22)(H,23,24). The predicted molar refractivity (Wildman–Crippen MR) is 97.7 cm³/mol. The van der Waals surface area contributed by atoms with Crippen molar-refractivity contribution in [2.75, 3.05) is 32.8 Å². The molecule has 0 bridgehead atoms. The average Bonchev–Trinajstić information content (AvgIpc) is 3.08. The second-order valence-electron chi connectivity index (χ2n) is 5.85. The fourth-order valence-electron chi connectivity index (χ4n) is 2.79. The molecule has 2 N–H and O–H groups in total. The number of nitrogens with zero attached hydrogens (tertiary/aromatic N) is 4. The van der Waals surface area contributed by atoms with Crippen molar-refractivity contribution in [2.24, 2.45) is 0 Å². The van der Waals surface area contributed by atoms with Crippen LogP contribution in [0.15, 0.2) is 24.4 Å². The lowest BCUT2D eigenvalue weighted by atomic mass is 10.1. The molecular weight excluding hydrogens is 332 g/mol. The normalized spacial score (nSPS) is 11.0. The predicted octanol–water partition coefficient (Wildman–Crippen LogP) is 2.27. The summed E-state index contributed by atoms with van der Waals surface area (Å²) in [4.78, 5) is 9.12. The van der Waals surface area contributed by atoms with E-state index >= 15 is 0 Å². The van der Waals surface area contributed by atoms with Crippen LogP contribution in [0.3, 0.4) is 0 Å². The minimum Gasteiger partial charge on any atom is -0.382 e. The quantitative estimate of drug-likeness (QED) is 0.671. The summed E-state index contributed by atoms with van der Waals surface area (Å²) in [6, 6.07) is 7.61. The van der Waals surface area contributed by atoms with Crippen LogP contribution in [0, 0.1) is 18.3 Å². The van der Waals surface area contributed by atoms with Crippen molar-refractivity contribution >= 4 is 16.7 Å². The summed E-state index contributed by atoms with van der Waals surface area (Å²) in [6.07, 6.45) is 1.68. The van der Waals surface area contributed by atoms with Gasteiger partial charge in [0, 0.05) is 19.6 Å². The molecule has 3 aromatic rings. The number of ether oxygens (including phenoxy) is 2. The number of methoxy groups -OCH3 is 2. The molecule has 2 aromatic heterocycles. The highest BCUT2D eigenvalue weighted by molar-refractivity contribution is 5.94. The lowest BCUT2D eigenvalue weighted by molar-refractivity contribution is 0.126. The van der Waals surface area contributed by atoms with E-state index in [1.54, 1.807) is 26.5 Å². The van der Waals surface area contributed by atoms with Gasteiger partial charge in [0.05, 0.1) is 42.4 Å². The molecule has 0 unspecified atom stereocenters. The van der Waals surface area contributed by atoms with Gasteiger partial charge in [-0.1, -0.05) is 12.1 Å². The third kappa shape index (κ3) is 3.49. The van der Waals surface area contributed by atoms with E-state index in [4.69, 9.17) is 9.47 Å². The van der Waals surface area contributed by atoms with E-state index in [2.05, 4.69) is 31.6 Å². The van der Waals surface area contributed by atoms with Crippen LogP contribution >= 0.6 is 0 Å². The molecular formula is C18H20N6O2. The largest absolute Gasteiger partial charge is 0.382 e. The highest BCUT2D eigenvalue weighted by atomic mass is 16.5. The summed E-state index contributed by atoms with van der Waals surface area (Å²) >= 11 is 0. The summed E-state index contributed by atoms with van der Waals surface area (Å²) in [5.41, 5.74) is 3.31. The molecule has 0 saturated heterocycles. The number of aryl methyl sites for hydroxylation is 1. The summed E-state index contributed by atoms with van der Waals surface area (Å²) in [6.45, 7) is 2.88. The zero-order chi connectivity index (χ0) is 18.5. The molecule has 26 heavy (non-hydrogen) atoms. The van der Waals surface area contributed by atoms with Crippen molar-refractivity contribution in [1.82, 2.24) is 20.2 Å². The summed E-state index contributed by atoms with van der Waals surface area (Å²) in [5, 5.41) is 20.6. The van der Waals surface area contributed by atoms with Gasteiger partial charge in [0.15, 0.2) is 0 Å². The maximum atomic E-state index is 9.21. The van der Waals surface area contributed by atoms with Crippen molar-refractivity contribution < 1.29 is 9.47 Å². The molecule has 0 saturated carbocycles. The SMILES string of the molecule is COCC(COC)Nc1ncc(-c2[nH]nc3c(C#N)cccc23)nc1C. The Morgan fingerprint density at radius 1 is 1.27 bits per heavy atom. The van der Waals surface area contributed by atoms with Crippen LogP contribution in [0.2, 0.25) is 0 Å². The minimum atomic E-state index is -0.0185. The molecule has 134 valence electrons. The van der Waals surface area contributed by atoms with Gasteiger partial charge in [-0.15, -0.1) is 0 Å². The Balaban J connectivity index is 1.92. The number of hydrogen-bond acceptors (Lipinski definition) is 7. The van der Waals surface area contributed by atoms with Crippen LogP contribution in [-0.4, -0.2) is 53.6 Å². The number of nitriles is 1. The van der Waals surface area contributed by atoms with Gasteiger partial charge >= 0.3 is 0 Å². The first-order chi connectivity index (χ1) is 12.7. The molecule has 0 radical (unpaired) electrons. The second-order valence-corrected chi connectivity index (χ2v) is 5.85. The first-order valence-electron chi connectivity index (χ1n) is 8.13. The van der Waals surface area contributed by atoms with Crippen LogP contribution in [-0.2, 0) is 9.47 Å². The first-order valence-corrected chi connectivity index (χ1v) is 8.13. The van der Waals surface area contributed by atoms with Gasteiger partial charge in [0.1, 0.15) is 23.1 Å². The number of aromatic nitrogens is 4. The Labute approximate surface area is 151 Å². The fraction of sp³-hybridized carbons (Fsp3) is 0.333. The lowest BCUT2D eigenvalue weighted by Crippen LogP contribution is -2.30. The molecule has 0 atom stereocenters. The van der Waals surface area contributed by atoms with E-state index in [-0.39, 0.29) is 6.04 Å². The maximum absolute atomic E-state index is 9.21. The number of fused-ring (bicyclic) bond motifs is 1. The molecule has 1 aromatic carbocycles. The number of para-hydroxylation sites is 1. The molecule has 0 spiro atoms. The van der Waals surface area contributed by atoms with Crippen LogP contribution in [0.25, 0.3) is 22.3 Å². The molecule has 0 amide bonds. The molecule has 2 heterocycles. The molecule has 3 rings (SSSR count). The lowest BCUT2D eigenvalue weighted by Gasteiger charge is -2.18. The van der Waals surface area contributed by atoms with Gasteiger partial charge in [-0.3, -0.25) is 5.10 Å². The summed E-state index contributed by atoms with van der Waals surface area (Å²) in [7, 11) is 3.29. The average molecular weight is 352 g/mol. The molecule has 0 fully saturated rings.